The number of esters is 1. The monoisotopic (exact) mass is 286 g/mol. The van der Waals surface area contributed by atoms with Crippen LogP contribution in [0.5, 0.6) is 0 Å². The summed E-state index contributed by atoms with van der Waals surface area (Å²) in [5.41, 5.74) is 0.226. The van der Waals surface area contributed by atoms with Crippen LogP contribution in [0.4, 0.5) is 0 Å². The first kappa shape index (κ1) is 16.2. The maximum atomic E-state index is 11.1. The Hall–Kier alpha value is -1.89. The van der Waals surface area contributed by atoms with Crippen LogP contribution >= 0.6 is 0 Å². The van der Waals surface area contributed by atoms with Crippen LogP contribution in [0.2, 0.25) is 0 Å². The maximum Gasteiger partial charge on any atom is 0.335 e. The summed E-state index contributed by atoms with van der Waals surface area (Å²) in [6, 6.07) is 0. The second-order valence-electron chi connectivity index (χ2n) is 4.90. The van der Waals surface area contributed by atoms with E-state index in [2.05, 4.69) is 6.58 Å². The van der Waals surface area contributed by atoms with E-state index < -0.39 is 35.8 Å². The number of carboxylic acids is 2. The van der Waals surface area contributed by atoms with Gasteiger partial charge in [-0.1, -0.05) is 6.58 Å². The molecule has 0 radical (unpaired) electrons. The number of hydrogen-bond donors (Lipinski definition) is 2. The van der Waals surface area contributed by atoms with E-state index in [1.807, 2.05) is 0 Å². The lowest BCUT2D eigenvalue weighted by molar-refractivity contribution is -0.167. The predicted octanol–water partition coefficient (Wildman–Crippen LogP) is 1.03. The molecule has 0 heterocycles. The van der Waals surface area contributed by atoms with Crippen molar-refractivity contribution in [2.45, 2.75) is 32.3 Å². The van der Waals surface area contributed by atoms with E-state index in [0.29, 0.717) is 0 Å². The van der Waals surface area contributed by atoms with E-state index in [0.717, 1.165) is 0 Å². The van der Waals surface area contributed by atoms with Gasteiger partial charge in [0.25, 0.3) is 0 Å². The van der Waals surface area contributed by atoms with Crippen LogP contribution in [0.15, 0.2) is 12.2 Å². The minimum Gasteiger partial charge on any atom is -0.481 e. The number of hydrogen-bond acceptors (Lipinski definition) is 5. The zero-order chi connectivity index (χ0) is 15.3. The van der Waals surface area contributed by atoms with Gasteiger partial charge in [0, 0.05) is 5.57 Å². The van der Waals surface area contributed by atoms with Crippen LogP contribution in [-0.2, 0) is 23.9 Å². The molecule has 1 rings (SSSR count). The van der Waals surface area contributed by atoms with Gasteiger partial charge in [-0.2, -0.15) is 0 Å². The van der Waals surface area contributed by atoms with E-state index in [9.17, 15) is 14.4 Å². The Morgan fingerprint density at radius 2 is 1.60 bits per heavy atom. The van der Waals surface area contributed by atoms with Crippen molar-refractivity contribution in [3.63, 3.8) is 0 Å². The largest absolute Gasteiger partial charge is 0.481 e. The van der Waals surface area contributed by atoms with E-state index >= 15 is 0 Å². The highest BCUT2D eigenvalue weighted by molar-refractivity contribution is 5.86. The Kier molecular flexibility index (Phi) is 5.69. The third kappa shape index (κ3) is 4.65. The number of rotatable bonds is 6. The van der Waals surface area contributed by atoms with Gasteiger partial charge in [-0.15, -0.1) is 0 Å². The molecule has 112 valence electrons. The molecular weight excluding hydrogens is 268 g/mol. The molecule has 2 unspecified atom stereocenters. The average Bonchev–Trinajstić information content (AvgIpc) is 2.37. The molecule has 2 atom stereocenters. The lowest BCUT2D eigenvalue weighted by Gasteiger charge is -2.30. The highest BCUT2D eigenvalue weighted by Crippen LogP contribution is 2.31. The molecule has 20 heavy (non-hydrogen) atoms. The Balaban J connectivity index is 2.51. The molecule has 0 aliphatic heterocycles. The van der Waals surface area contributed by atoms with E-state index in [4.69, 9.17) is 19.7 Å². The van der Waals surface area contributed by atoms with Crippen molar-refractivity contribution < 1.29 is 34.1 Å². The molecule has 1 aliphatic rings. The number of carbonyl (C=O) groups is 3. The van der Waals surface area contributed by atoms with Crippen molar-refractivity contribution in [2.75, 3.05) is 6.79 Å². The quantitative estimate of drug-likeness (QED) is 0.426. The van der Waals surface area contributed by atoms with Crippen LogP contribution in [0.3, 0.4) is 0 Å². The second kappa shape index (κ2) is 7.04. The van der Waals surface area contributed by atoms with Crippen molar-refractivity contribution in [2.24, 2.45) is 11.8 Å². The van der Waals surface area contributed by atoms with E-state index in [-0.39, 0.29) is 31.6 Å². The van der Waals surface area contributed by atoms with Crippen molar-refractivity contribution in [1.82, 2.24) is 0 Å². The normalized spacial score (nSPS) is 25.8. The average molecular weight is 286 g/mol. The van der Waals surface area contributed by atoms with Gasteiger partial charge in [0.15, 0.2) is 6.79 Å². The molecule has 1 saturated carbocycles. The standard InChI is InChI=1S/C13H18O7/c1-7(2)13(18)20-6-19-10-4-8(11(14)15)3-9(5-10)12(16)17/h8-10H,1,3-6H2,2H3,(H,14,15)(H,16,17). The van der Waals surface area contributed by atoms with Crippen LogP contribution < -0.4 is 0 Å². The summed E-state index contributed by atoms with van der Waals surface area (Å²) in [6.45, 7) is 4.56. The fourth-order valence-electron chi connectivity index (χ4n) is 2.11. The summed E-state index contributed by atoms with van der Waals surface area (Å²) in [6.07, 6.45) is -0.0346. The van der Waals surface area contributed by atoms with Gasteiger partial charge in [-0.3, -0.25) is 9.59 Å². The molecule has 0 spiro atoms. The Morgan fingerprint density at radius 1 is 1.10 bits per heavy atom. The SMILES string of the molecule is C=C(C)C(=O)OCOC1CC(C(=O)O)CC(C(=O)O)C1. The molecule has 0 bridgehead atoms. The van der Waals surface area contributed by atoms with E-state index in [1.165, 1.54) is 6.92 Å². The van der Waals surface area contributed by atoms with Crippen LogP contribution in [0, 0.1) is 11.8 Å². The number of aliphatic carboxylic acids is 2. The van der Waals surface area contributed by atoms with Gasteiger partial charge < -0.3 is 19.7 Å². The highest BCUT2D eigenvalue weighted by atomic mass is 16.7. The summed E-state index contributed by atoms with van der Waals surface area (Å²) in [5, 5.41) is 18.0. The maximum absolute atomic E-state index is 11.1. The first-order chi connectivity index (χ1) is 9.31. The lowest BCUT2D eigenvalue weighted by Crippen LogP contribution is -2.36. The fraction of sp³-hybridized carbons (Fsp3) is 0.615. The van der Waals surface area contributed by atoms with Gasteiger partial charge in [0.05, 0.1) is 17.9 Å². The first-order valence-corrected chi connectivity index (χ1v) is 6.21. The zero-order valence-corrected chi connectivity index (χ0v) is 11.2. The van der Waals surface area contributed by atoms with Crippen LogP contribution in [0.25, 0.3) is 0 Å². The predicted molar refractivity (Wildman–Crippen MR) is 66.7 cm³/mol. The zero-order valence-electron chi connectivity index (χ0n) is 11.2. The molecule has 1 aliphatic carbocycles. The molecule has 7 nitrogen and oxygen atoms in total. The minimum atomic E-state index is -1.04. The highest BCUT2D eigenvalue weighted by Gasteiger charge is 2.36. The van der Waals surface area contributed by atoms with E-state index in [1.54, 1.807) is 0 Å². The number of carboxylic acid groups (broad SMARTS) is 2. The molecule has 0 amide bonds. The summed E-state index contributed by atoms with van der Waals surface area (Å²) in [7, 11) is 0. The molecule has 1 fully saturated rings. The van der Waals surface area contributed by atoms with Crippen LogP contribution in [0.1, 0.15) is 26.2 Å². The summed E-state index contributed by atoms with van der Waals surface area (Å²) in [4.78, 5) is 33.1. The lowest BCUT2D eigenvalue weighted by atomic mass is 9.80. The summed E-state index contributed by atoms with van der Waals surface area (Å²) < 4.78 is 10.00. The molecule has 2 N–H and O–H groups in total. The van der Waals surface area contributed by atoms with Crippen LogP contribution in [-0.4, -0.2) is 41.0 Å². The smallest absolute Gasteiger partial charge is 0.335 e. The Morgan fingerprint density at radius 3 is 2.00 bits per heavy atom. The van der Waals surface area contributed by atoms with Gasteiger partial charge in [0.2, 0.25) is 0 Å². The molecule has 0 aromatic carbocycles. The van der Waals surface area contributed by atoms with Gasteiger partial charge >= 0.3 is 17.9 Å². The molecular formula is C13H18O7. The summed E-state index contributed by atoms with van der Waals surface area (Å²) >= 11 is 0. The van der Waals surface area contributed by atoms with Gasteiger partial charge in [-0.05, 0) is 26.2 Å². The van der Waals surface area contributed by atoms with Gasteiger partial charge in [-0.25, -0.2) is 4.79 Å². The first-order valence-electron chi connectivity index (χ1n) is 6.21. The molecule has 7 heteroatoms. The fourth-order valence-corrected chi connectivity index (χ4v) is 2.11. The molecule has 0 saturated heterocycles. The Bertz CT molecular complexity index is 393. The minimum absolute atomic E-state index is 0.0933. The molecule has 0 aromatic rings. The topological polar surface area (TPSA) is 110 Å². The van der Waals surface area contributed by atoms with Crippen molar-refractivity contribution in [3.8, 4) is 0 Å². The number of ether oxygens (including phenoxy) is 2. The van der Waals surface area contributed by atoms with Crippen molar-refractivity contribution in [1.29, 1.82) is 0 Å². The third-order valence-electron chi connectivity index (χ3n) is 3.20. The van der Waals surface area contributed by atoms with Crippen molar-refractivity contribution in [3.05, 3.63) is 12.2 Å². The second-order valence-corrected chi connectivity index (χ2v) is 4.90. The van der Waals surface area contributed by atoms with Gasteiger partial charge in [0.1, 0.15) is 0 Å². The Labute approximate surface area is 116 Å². The summed E-state index contributed by atoms with van der Waals surface area (Å²) in [5.74, 6) is -4.20. The third-order valence-corrected chi connectivity index (χ3v) is 3.20. The number of carbonyl (C=O) groups excluding carboxylic acids is 1. The van der Waals surface area contributed by atoms with Crippen molar-refractivity contribution >= 4 is 17.9 Å². The molecule has 0 aromatic heterocycles.